The first kappa shape index (κ1) is 14.5. The van der Waals surface area contributed by atoms with Gasteiger partial charge in [-0.3, -0.25) is 4.79 Å². The molecule has 2 aliphatic heterocycles. The number of fused-ring (bicyclic) bond motifs is 2. The molecule has 0 spiro atoms. The lowest BCUT2D eigenvalue weighted by Gasteiger charge is -2.23. The van der Waals surface area contributed by atoms with E-state index in [-0.39, 0.29) is 5.91 Å². The average Bonchev–Trinajstić information content (AvgIpc) is 3.19. The molecule has 23 heavy (non-hydrogen) atoms. The van der Waals surface area contributed by atoms with Gasteiger partial charge in [0.1, 0.15) is 0 Å². The average molecular weight is 306 g/mol. The molecule has 0 radical (unpaired) electrons. The van der Waals surface area contributed by atoms with E-state index < -0.39 is 0 Å². The predicted octanol–water partition coefficient (Wildman–Crippen LogP) is 2.71. The Hall–Kier alpha value is -2.13. The van der Waals surface area contributed by atoms with E-state index in [4.69, 9.17) is 0 Å². The Bertz CT molecular complexity index is 681. The molecule has 2 aromatic rings. The van der Waals surface area contributed by atoms with Crippen LogP contribution < -0.4 is 5.32 Å². The number of benzene rings is 2. The van der Waals surface area contributed by atoms with Crippen LogP contribution in [0.15, 0.2) is 54.6 Å². The van der Waals surface area contributed by atoms with Gasteiger partial charge in [-0.1, -0.05) is 42.5 Å². The van der Waals surface area contributed by atoms with Crippen LogP contribution in [0.5, 0.6) is 0 Å². The standard InChI is InChI=1S/C20H22N2O/c23-20(21-19-14-22-11-10-18(19)13-22)17-8-6-16(7-9-17)12-15-4-2-1-3-5-15/h1-9,18-19H,10-14H2,(H,21,23). The van der Waals surface area contributed by atoms with Crippen molar-refractivity contribution in [2.24, 2.45) is 5.92 Å². The SMILES string of the molecule is O=C(NC1CN2CCC1C2)c1ccc(Cc2ccccc2)cc1. The van der Waals surface area contributed by atoms with Crippen LogP contribution in [0.3, 0.4) is 0 Å². The van der Waals surface area contributed by atoms with Gasteiger partial charge in [0.15, 0.2) is 0 Å². The third-order valence-electron chi connectivity index (χ3n) is 5.12. The number of rotatable bonds is 4. The van der Waals surface area contributed by atoms with Crippen LogP contribution in [-0.2, 0) is 6.42 Å². The fraction of sp³-hybridized carbons (Fsp3) is 0.350. The molecular formula is C20H22N2O. The Kier molecular flexibility index (Phi) is 3.88. The number of hydrogen-bond donors (Lipinski definition) is 1. The van der Waals surface area contributed by atoms with E-state index in [2.05, 4.69) is 46.6 Å². The van der Waals surface area contributed by atoms with Crippen LogP contribution in [0, 0.1) is 5.92 Å². The predicted molar refractivity (Wildman–Crippen MR) is 91.5 cm³/mol. The maximum absolute atomic E-state index is 12.4. The Labute approximate surface area is 137 Å². The second-order valence-corrected chi connectivity index (χ2v) is 6.75. The zero-order valence-corrected chi connectivity index (χ0v) is 13.2. The summed E-state index contributed by atoms with van der Waals surface area (Å²) in [6.45, 7) is 3.37. The maximum atomic E-state index is 12.4. The van der Waals surface area contributed by atoms with Gasteiger partial charge in [-0.25, -0.2) is 0 Å². The summed E-state index contributed by atoms with van der Waals surface area (Å²) in [5, 5.41) is 3.22. The summed E-state index contributed by atoms with van der Waals surface area (Å²) >= 11 is 0. The smallest absolute Gasteiger partial charge is 0.251 e. The monoisotopic (exact) mass is 306 g/mol. The van der Waals surface area contributed by atoms with E-state index in [9.17, 15) is 4.79 Å². The number of carbonyl (C=O) groups is 1. The molecule has 3 unspecified atom stereocenters. The molecule has 1 N–H and O–H groups in total. The van der Waals surface area contributed by atoms with Gasteiger partial charge in [0, 0.05) is 24.7 Å². The molecule has 3 heteroatoms. The molecule has 118 valence electrons. The van der Waals surface area contributed by atoms with Crippen LogP contribution >= 0.6 is 0 Å². The Balaban J connectivity index is 1.38. The van der Waals surface area contributed by atoms with Crippen LogP contribution in [0.2, 0.25) is 0 Å². The molecule has 2 saturated heterocycles. The molecular weight excluding hydrogens is 284 g/mol. The van der Waals surface area contributed by atoms with Gasteiger partial charge in [0.2, 0.25) is 0 Å². The highest BCUT2D eigenvalue weighted by Crippen LogP contribution is 2.27. The summed E-state index contributed by atoms with van der Waals surface area (Å²) < 4.78 is 0. The highest BCUT2D eigenvalue weighted by Gasteiger charge is 2.38. The van der Waals surface area contributed by atoms with Crippen molar-refractivity contribution in [3.05, 3.63) is 71.3 Å². The van der Waals surface area contributed by atoms with Crippen LogP contribution in [0.1, 0.15) is 27.9 Å². The van der Waals surface area contributed by atoms with Gasteiger partial charge in [-0.15, -0.1) is 0 Å². The zero-order valence-electron chi connectivity index (χ0n) is 13.2. The van der Waals surface area contributed by atoms with Gasteiger partial charge in [-0.2, -0.15) is 0 Å². The van der Waals surface area contributed by atoms with E-state index in [1.807, 2.05) is 18.2 Å². The first-order chi connectivity index (χ1) is 11.3. The van der Waals surface area contributed by atoms with Crippen molar-refractivity contribution in [1.82, 2.24) is 10.2 Å². The number of carbonyl (C=O) groups excluding carboxylic acids is 1. The van der Waals surface area contributed by atoms with E-state index in [0.717, 1.165) is 25.1 Å². The first-order valence-corrected chi connectivity index (χ1v) is 8.44. The van der Waals surface area contributed by atoms with Crippen LogP contribution in [-0.4, -0.2) is 36.5 Å². The van der Waals surface area contributed by atoms with Crippen LogP contribution in [0.4, 0.5) is 0 Å². The van der Waals surface area contributed by atoms with Gasteiger partial charge in [-0.05, 0) is 48.6 Å². The van der Waals surface area contributed by atoms with E-state index in [1.54, 1.807) is 0 Å². The van der Waals surface area contributed by atoms with Gasteiger partial charge < -0.3 is 10.2 Å². The summed E-state index contributed by atoms with van der Waals surface area (Å²) in [6, 6.07) is 18.8. The second kappa shape index (κ2) is 6.17. The summed E-state index contributed by atoms with van der Waals surface area (Å²) in [6.07, 6.45) is 2.13. The lowest BCUT2D eigenvalue weighted by Crippen LogP contribution is -2.43. The van der Waals surface area contributed by atoms with Crippen molar-refractivity contribution in [3.63, 3.8) is 0 Å². The van der Waals surface area contributed by atoms with Crippen molar-refractivity contribution in [2.75, 3.05) is 19.6 Å². The quantitative estimate of drug-likeness (QED) is 0.942. The molecule has 2 bridgehead atoms. The summed E-state index contributed by atoms with van der Waals surface area (Å²) in [5.74, 6) is 0.714. The molecule has 3 nitrogen and oxygen atoms in total. The molecule has 3 atom stereocenters. The molecule has 2 aromatic carbocycles. The summed E-state index contributed by atoms with van der Waals surface area (Å²) in [7, 11) is 0. The minimum absolute atomic E-state index is 0.0648. The van der Waals surface area contributed by atoms with Gasteiger partial charge in [0.05, 0.1) is 0 Å². The van der Waals surface area contributed by atoms with Crippen molar-refractivity contribution >= 4 is 5.91 Å². The molecule has 4 rings (SSSR count). The summed E-state index contributed by atoms with van der Waals surface area (Å²) in [5.41, 5.74) is 3.29. The van der Waals surface area contributed by atoms with E-state index in [1.165, 1.54) is 24.1 Å². The molecule has 0 aromatic heterocycles. The van der Waals surface area contributed by atoms with Crippen molar-refractivity contribution in [1.29, 1.82) is 0 Å². The lowest BCUT2D eigenvalue weighted by molar-refractivity contribution is 0.0924. The Morgan fingerprint density at radius 3 is 2.39 bits per heavy atom. The molecule has 2 aliphatic rings. The highest BCUT2D eigenvalue weighted by molar-refractivity contribution is 5.94. The third kappa shape index (κ3) is 3.15. The lowest BCUT2D eigenvalue weighted by atomic mass is 9.99. The van der Waals surface area contributed by atoms with E-state index >= 15 is 0 Å². The Morgan fingerprint density at radius 1 is 1.00 bits per heavy atom. The fourth-order valence-electron chi connectivity index (χ4n) is 3.80. The van der Waals surface area contributed by atoms with Crippen molar-refractivity contribution in [2.45, 2.75) is 18.9 Å². The maximum Gasteiger partial charge on any atom is 0.251 e. The van der Waals surface area contributed by atoms with Gasteiger partial charge in [0.25, 0.3) is 5.91 Å². The van der Waals surface area contributed by atoms with Crippen LogP contribution in [0.25, 0.3) is 0 Å². The summed E-state index contributed by atoms with van der Waals surface area (Å²) in [4.78, 5) is 14.9. The Morgan fingerprint density at radius 2 is 1.74 bits per heavy atom. The topological polar surface area (TPSA) is 32.3 Å². The van der Waals surface area contributed by atoms with Crippen molar-refractivity contribution in [3.8, 4) is 0 Å². The molecule has 1 amide bonds. The van der Waals surface area contributed by atoms with Crippen molar-refractivity contribution < 1.29 is 4.79 Å². The molecule has 2 heterocycles. The molecule has 2 fully saturated rings. The molecule has 0 aliphatic carbocycles. The highest BCUT2D eigenvalue weighted by atomic mass is 16.1. The van der Waals surface area contributed by atoms with E-state index in [0.29, 0.717) is 12.0 Å². The number of nitrogens with one attached hydrogen (secondary N) is 1. The first-order valence-electron chi connectivity index (χ1n) is 8.44. The molecule has 0 saturated carbocycles. The normalized spacial score (nSPS) is 25.5. The second-order valence-electron chi connectivity index (χ2n) is 6.75. The van der Waals surface area contributed by atoms with Gasteiger partial charge >= 0.3 is 0 Å². The number of piperidine rings is 1. The minimum Gasteiger partial charge on any atom is -0.348 e. The number of amides is 1. The third-order valence-corrected chi connectivity index (χ3v) is 5.12. The number of hydrogen-bond acceptors (Lipinski definition) is 2. The number of nitrogens with zero attached hydrogens (tertiary/aromatic N) is 1. The fourth-order valence-corrected chi connectivity index (χ4v) is 3.80. The minimum atomic E-state index is 0.0648. The zero-order chi connectivity index (χ0) is 15.6. The largest absolute Gasteiger partial charge is 0.348 e.